The molecule has 0 bridgehead atoms. The van der Waals surface area contributed by atoms with Crippen LogP contribution in [0.5, 0.6) is 0 Å². The molecule has 1 N–H and O–H groups in total. The minimum atomic E-state index is -3.41. The van der Waals surface area contributed by atoms with Crippen molar-refractivity contribution in [2.45, 2.75) is 76.7 Å². The lowest BCUT2D eigenvalue weighted by Crippen LogP contribution is -2.50. The summed E-state index contributed by atoms with van der Waals surface area (Å²) in [6, 6.07) is 0. The molecule has 0 atom stereocenters. The van der Waals surface area contributed by atoms with Crippen LogP contribution in [0.4, 0.5) is 0 Å². The van der Waals surface area contributed by atoms with E-state index in [4.69, 9.17) is 0 Å². The van der Waals surface area contributed by atoms with Gasteiger partial charge >= 0.3 is 0 Å². The Kier molecular flexibility index (Phi) is 7.19. The normalized spacial score (nSPS) is 20.5. The Morgan fingerprint density at radius 1 is 1.16 bits per heavy atom. The number of carbonyl (C=O) groups excluding carboxylic acids is 1. The maximum atomic E-state index is 12.4. The monoisotopic (exact) mass is 369 g/mol. The Morgan fingerprint density at radius 2 is 1.76 bits per heavy atom. The van der Waals surface area contributed by atoms with Gasteiger partial charge in [-0.05, 0) is 19.3 Å². The number of aliphatic imine (C=N–C) groups is 1. The van der Waals surface area contributed by atoms with Crippen LogP contribution in [0.1, 0.15) is 71.1 Å². The number of piperidine rings is 1. The van der Waals surface area contributed by atoms with Crippen LogP contribution in [0.3, 0.4) is 0 Å². The number of sulfonamides is 1. The van der Waals surface area contributed by atoms with Crippen LogP contribution >= 0.6 is 0 Å². The number of amidine groups is 1. The molecule has 2 rings (SSSR count). The van der Waals surface area contributed by atoms with Crippen molar-refractivity contribution in [3.05, 3.63) is 12.0 Å². The van der Waals surface area contributed by atoms with Crippen LogP contribution in [0, 0.1) is 0 Å². The Morgan fingerprint density at radius 3 is 2.36 bits per heavy atom. The third-order valence-corrected chi connectivity index (χ3v) is 6.67. The van der Waals surface area contributed by atoms with Crippen LogP contribution in [-0.4, -0.2) is 43.1 Å². The van der Waals surface area contributed by atoms with Crippen LogP contribution < -0.4 is 5.32 Å². The number of hydrogen-bond donors (Lipinski definition) is 1. The van der Waals surface area contributed by atoms with Crippen molar-refractivity contribution in [3.63, 3.8) is 0 Å². The highest BCUT2D eigenvalue weighted by Gasteiger charge is 2.46. The molecule has 0 aromatic heterocycles. The zero-order valence-electron chi connectivity index (χ0n) is 15.3. The van der Waals surface area contributed by atoms with Gasteiger partial charge in [0.2, 0.25) is 10.0 Å². The Balaban J connectivity index is 1.79. The molecule has 1 fully saturated rings. The summed E-state index contributed by atoms with van der Waals surface area (Å²) < 4.78 is 25.1. The minimum Gasteiger partial charge on any atom is -0.312 e. The van der Waals surface area contributed by atoms with Gasteiger partial charge in [0.25, 0.3) is 5.91 Å². The zero-order chi connectivity index (χ0) is 18.3. The van der Waals surface area contributed by atoms with Crippen LogP contribution in [-0.2, 0) is 14.8 Å². The molecular weight excluding hydrogens is 338 g/mol. The van der Waals surface area contributed by atoms with Gasteiger partial charge in [-0.1, -0.05) is 52.0 Å². The highest BCUT2D eigenvalue weighted by molar-refractivity contribution is 7.92. The van der Waals surface area contributed by atoms with Gasteiger partial charge in [0.1, 0.15) is 11.4 Å². The summed E-state index contributed by atoms with van der Waals surface area (Å²) in [7, 11) is -3.41. The van der Waals surface area contributed by atoms with E-state index in [1.165, 1.54) is 36.4 Å². The van der Waals surface area contributed by atoms with Gasteiger partial charge in [-0.25, -0.2) is 8.42 Å². The summed E-state index contributed by atoms with van der Waals surface area (Å²) in [4.78, 5) is 17.0. The molecule has 25 heavy (non-hydrogen) atoms. The van der Waals surface area contributed by atoms with Crippen molar-refractivity contribution in [3.8, 4) is 0 Å². The second-order valence-corrected chi connectivity index (χ2v) is 8.91. The van der Waals surface area contributed by atoms with Crippen LogP contribution in [0.2, 0.25) is 0 Å². The number of unbranched alkanes of at least 4 members (excludes halogenated alkanes) is 6. The molecule has 1 spiro atoms. The molecule has 1 amide bonds. The summed E-state index contributed by atoms with van der Waals surface area (Å²) in [5, 5.41) is 3.88. The third-order valence-electron chi connectivity index (χ3n) is 5.17. The van der Waals surface area contributed by atoms with Crippen molar-refractivity contribution in [1.29, 1.82) is 0 Å². The first kappa shape index (κ1) is 20.1. The highest BCUT2D eigenvalue weighted by Crippen LogP contribution is 2.31. The molecule has 0 aromatic rings. The fourth-order valence-electron chi connectivity index (χ4n) is 3.51. The molecule has 0 radical (unpaired) electrons. The molecule has 0 unspecified atom stereocenters. The number of rotatable bonds is 10. The molecule has 2 aliphatic rings. The molecule has 1 saturated heterocycles. The van der Waals surface area contributed by atoms with Gasteiger partial charge in [-0.3, -0.25) is 9.79 Å². The van der Waals surface area contributed by atoms with E-state index >= 15 is 0 Å². The number of nitrogens with one attached hydrogen (secondary N) is 1. The summed E-state index contributed by atoms with van der Waals surface area (Å²) in [6.45, 7) is 6.20. The molecule has 0 aliphatic carbocycles. The first-order chi connectivity index (χ1) is 11.9. The van der Waals surface area contributed by atoms with E-state index in [0.717, 1.165) is 30.5 Å². The number of hydrogen-bond acceptors (Lipinski definition) is 4. The van der Waals surface area contributed by atoms with Gasteiger partial charge in [-0.15, -0.1) is 0 Å². The summed E-state index contributed by atoms with van der Waals surface area (Å²) >= 11 is 0. The van der Waals surface area contributed by atoms with E-state index in [-0.39, 0.29) is 5.91 Å². The average molecular weight is 370 g/mol. The van der Waals surface area contributed by atoms with Crippen LogP contribution in [0.25, 0.3) is 0 Å². The quantitative estimate of drug-likeness (QED) is 0.601. The lowest BCUT2D eigenvalue weighted by atomic mass is 9.89. The van der Waals surface area contributed by atoms with Gasteiger partial charge in [-0.2, -0.15) is 4.31 Å². The van der Waals surface area contributed by atoms with Crippen molar-refractivity contribution in [1.82, 2.24) is 9.62 Å². The lowest BCUT2D eigenvalue weighted by Gasteiger charge is -2.34. The van der Waals surface area contributed by atoms with E-state index in [2.05, 4.69) is 23.8 Å². The number of amides is 1. The van der Waals surface area contributed by atoms with E-state index in [9.17, 15) is 13.2 Å². The first-order valence-corrected chi connectivity index (χ1v) is 11.0. The standard InChI is InChI=1S/C18H31N3O3S/c1-3-5-6-7-8-9-10-11-16-19-17(22)18(20-16)12-14-21(15-13-18)25(23,24)4-2/h4H,2-3,5-15H2,1H3,(H,19,20,22). The van der Waals surface area contributed by atoms with Gasteiger partial charge < -0.3 is 5.32 Å². The SMILES string of the molecule is C=CS(=O)(=O)N1CCC2(CC1)N=C(CCCCCCCCC)NC2=O. The highest BCUT2D eigenvalue weighted by atomic mass is 32.2. The molecule has 2 heterocycles. The maximum absolute atomic E-state index is 12.4. The fraction of sp³-hybridized carbons (Fsp3) is 0.778. The van der Waals surface area contributed by atoms with Crippen molar-refractivity contribution in [2.75, 3.05) is 13.1 Å². The van der Waals surface area contributed by atoms with Gasteiger partial charge in [0, 0.05) is 24.9 Å². The Hall–Kier alpha value is -1.21. The Bertz CT molecular complexity index is 605. The molecular formula is C18H31N3O3S. The third kappa shape index (κ3) is 5.14. The maximum Gasteiger partial charge on any atom is 0.253 e. The number of carbonyl (C=O) groups is 1. The first-order valence-electron chi connectivity index (χ1n) is 9.46. The molecule has 0 saturated carbocycles. The largest absolute Gasteiger partial charge is 0.312 e. The predicted molar refractivity (Wildman–Crippen MR) is 101 cm³/mol. The molecule has 142 valence electrons. The zero-order valence-corrected chi connectivity index (χ0v) is 16.1. The second-order valence-electron chi connectivity index (χ2n) is 7.03. The van der Waals surface area contributed by atoms with Crippen LogP contribution in [0.15, 0.2) is 17.0 Å². The molecule has 6 nitrogen and oxygen atoms in total. The van der Waals surface area contributed by atoms with Crippen molar-refractivity contribution >= 4 is 21.8 Å². The summed E-state index contributed by atoms with van der Waals surface area (Å²) in [5.41, 5.74) is -0.760. The predicted octanol–water partition coefficient (Wildman–Crippen LogP) is 2.96. The van der Waals surface area contributed by atoms with Gasteiger partial charge in [0.15, 0.2) is 0 Å². The van der Waals surface area contributed by atoms with Crippen molar-refractivity contribution in [2.24, 2.45) is 4.99 Å². The van der Waals surface area contributed by atoms with E-state index < -0.39 is 15.6 Å². The Labute approximate surface area is 151 Å². The second kappa shape index (κ2) is 8.94. The van der Waals surface area contributed by atoms with E-state index in [0.29, 0.717) is 25.9 Å². The average Bonchev–Trinajstić information content (AvgIpc) is 2.90. The minimum absolute atomic E-state index is 0.0684. The van der Waals surface area contributed by atoms with Crippen molar-refractivity contribution < 1.29 is 13.2 Å². The smallest absolute Gasteiger partial charge is 0.253 e. The molecule has 0 aromatic carbocycles. The lowest BCUT2D eigenvalue weighted by molar-refractivity contribution is -0.124. The summed E-state index contributed by atoms with van der Waals surface area (Å²) in [6.07, 6.45) is 10.3. The molecule has 7 heteroatoms. The van der Waals surface area contributed by atoms with E-state index in [1.54, 1.807) is 0 Å². The summed E-state index contributed by atoms with van der Waals surface area (Å²) in [5.74, 6) is 0.708. The van der Waals surface area contributed by atoms with E-state index in [1.807, 2.05) is 0 Å². The van der Waals surface area contributed by atoms with Gasteiger partial charge in [0.05, 0.1) is 0 Å². The number of nitrogens with zero attached hydrogens (tertiary/aromatic N) is 2. The molecule has 2 aliphatic heterocycles. The topological polar surface area (TPSA) is 78.8 Å². The fourth-order valence-corrected chi connectivity index (χ4v) is 4.41.